The highest BCUT2D eigenvalue weighted by Gasteiger charge is 2.65. The van der Waals surface area contributed by atoms with Gasteiger partial charge in [0.15, 0.2) is 0 Å². The largest absolute Gasteiger partial charge is 0.337 e. The van der Waals surface area contributed by atoms with E-state index in [0.29, 0.717) is 17.4 Å². The van der Waals surface area contributed by atoms with Crippen molar-refractivity contribution in [2.45, 2.75) is 70.3 Å². The van der Waals surface area contributed by atoms with Crippen LogP contribution in [0.2, 0.25) is 0 Å². The summed E-state index contributed by atoms with van der Waals surface area (Å²) in [5.41, 5.74) is 1.93. The van der Waals surface area contributed by atoms with E-state index in [2.05, 4.69) is 54.4 Å². The van der Waals surface area contributed by atoms with Gasteiger partial charge in [-0.05, 0) is 67.3 Å². The van der Waals surface area contributed by atoms with Gasteiger partial charge in [0.1, 0.15) is 0 Å². The Morgan fingerprint density at radius 3 is 2.70 bits per heavy atom. The van der Waals surface area contributed by atoms with Crippen molar-refractivity contribution < 1.29 is 4.79 Å². The van der Waals surface area contributed by atoms with Gasteiger partial charge in [0.05, 0.1) is 5.41 Å². The Morgan fingerprint density at radius 2 is 1.96 bits per heavy atom. The molecule has 1 amide bonds. The molecule has 4 aliphatic carbocycles. The highest BCUT2D eigenvalue weighted by atomic mass is 16.2. The summed E-state index contributed by atoms with van der Waals surface area (Å²) in [4.78, 5) is 16.3. The van der Waals surface area contributed by atoms with Crippen LogP contribution in [-0.2, 0) is 10.2 Å². The number of carbonyl (C=O) groups is 1. The summed E-state index contributed by atoms with van der Waals surface area (Å²) in [7, 11) is 0. The van der Waals surface area contributed by atoms with E-state index in [1.807, 2.05) is 0 Å². The van der Waals surface area contributed by atoms with Gasteiger partial charge < -0.3 is 10.2 Å². The molecule has 4 saturated carbocycles. The molecule has 0 radical (unpaired) electrons. The van der Waals surface area contributed by atoms with E-state index in [4.69, 9.17) is 0 Å². The summed E-state index contributed by atoms with van der Waals surface area (Å²) < 4.78 is 0. The van der Waals surface area contributed by atoms with Crippen molar-refractivity contribution in [2.75, 3.05) is 19.6 Å². The van der Waals surface area contributed by atoms with E-state index in [-0.39, 0.29) is 10.8 Å². The van der Waals surface area contributed by atoms with E-state index in [1.165, 1.54) is 24.8 Å². The van der Waals surface area contributed by atoms with E-state index >= 15 is 0 Å². The Morgan fingerprint density at radius 1 is 1.15 bits per heavy atom. The lowest BCUT2D eigenvalue weighted by Gasteiger charge is -2.66. The highest BCUT2D eigenvalue weighted by molar-refractivity contribution is 5.84. The first-order valence-electron chi connectivity index (χ1n) is 11.1. The third-order valence-electron chi connectivity index (χ3n) is 8.27. The van der Waals surface area contributed by atoms with E-state index in [0.717, 1.165) is 51.2 Å². The molecule has 1 aromatic rings. The molecule has 1 saturated heterocycles. The third kappa shape index (κ3) is 2.68. The predicted molar refractivity (Wildman–Crippen MR) is 109 cm³/mol. The first-order chi connectivity index (χ1) is 13.0. The second kappa shape index (κ2) is 6.07. The molecule has 1 aliphatic heterocycles. The summed E-state index contributed by atoms with van der Waals surface area (Å²) >= 11 is 0. The maximum absolute atomic E-state index is 14.0. The Bertz CT molecular complexity index is 733. The van der Waals surface area contributed by atoms with Gasteiger partial charge in [-0.1, -0.05) is 44.2 Å². The monoisotopic (exact) mass is 366 g/mol. The Balaban J connectivity index is 1.53. The fraction of sp³-hybridized carbons (Fsp3) is 0.708. The van der Waals surface area contributed by atoms with Crippen molar-refractivity contribution in [3.8, 4) is 0 Å². The van der Waals surface area contributed by atoms with Crippen LogP contribution in [0.15, 0.2) is 30.3 Å². The van der Waals surface area contributed by atoms with Crippen LogP contribution in [0.5, 0.6) is 0 Å². The van der Waals surface area contributed by atoms with Crippen LogP contribution < -0.4 is 5.32 Å². The van der Waals surface area contributed by atoms with Gasteiger partial charge in [0, 0.05) is 25.7 Å². The van der Waals surface area contributed by atoms with Crippen molar-refractivity contribution in [1.82, 2.24) is 10.2 Å². The molecule has 5 atom stereocenters. The lowest BCUT2D eigenvalue weighted by atomic mass is 9.38. The van der Waals surface area contributed by atoms with Crippen LogP contribution in [0.25, 0.3) is 0 Å². The predicted octanol–water partition coefficient (Wildman–Crippen LogP) is 4.13. The first-order valence-corrected chi connectivity index (χ1v) is 11.1. The summed E-state index contributed by atoms with van der Waals surface area (Å²) in [5.74, 6) is 1.21. The number of nitrogens with zero attached hydrogens (tertiary/aromatic N) is 1. The second-order valence-corrected chi connectivity index (χ2v) is 10.5. The maximum atomic E-state index is 14.0. The zero-order chi connectivity index (χ0) is 18.7. The van der Waals surface area contributed by atoms with Crippen molar-refractivity contribution in [2.24, 2.45) is 16.7 Å². The van der Waals surface area contributed by atoms with Crippen LogP contribution in [0.1, 0.15) is 64.4 Å². The number of piperazine rings is 1. The molecule has 3 heteroatoms. The zero-order valence-corrected chi connectivity index (χ0v) is 17.0. The molecular weight excluding hydrogens is 332 g/mol. The molecule has 6 rings (SSSR count). The average molecular weight is 367 g/mol. The number of hydrogen-bond donors (Lipinski definition) is 1. The number of hydrogen-bond acceptors (Lipinski definition) is 2. The van der Waals surface area contributed by atoms with Crippen LogP contribution in [0, 0.1) is 16.7 Å². The van der Waals surface area contributed by atoms with Gasteiger partial charge in [-0.15, -0.1) is 0 Å². The molecule has 5 fully saturated rings. The van der Waals surface area contributed by atoms with Gasteiger partial charge >= 0.3 is 0 Å². The summed E-state index contributed by atoms with van der Waals surface area (Å²) in [6.07, 6.45) is 8.28. The van der Waals surface area contributed by atoms with Gasteiger partial charge in [-0.25, -0.2) is 0 Å². The minimum Gasteiger partial charge on any atom is -0.337 e. The van der Waals surface area contributed by atoms with E-state index in [9.17, 15) is 4.79 Å². The minimum atomic E-state index is -0.116. The molecule has 0 spiro atoms. The number of carbonyl (C=O) groups excluding carboxylic acids is 1. The highest BCUT2D eigenvalue weighted by Crippen LogP contribution is 2.70. The number of rotatable bonds is 3. The molecule has 1 aromatic carbocycles. The van der Waals surface area contributed by atoms with Crippen LogP contribution >= 0.6 is 0 Å². The molecule has 27 heavy (non-hydrogen) atoms. The molecule has 1 heterocycles. The maximum Gasteiger partial charge on any atom is 0.229 e. The van der Waals surface area contributed by atoms with Crippen molar-refractivity contribution in [3.05, 3.63) is 35.9 Å². The second-order valence-electron chi connectivity index (χ2n) is 10.5. The molecule has 5 aliphatic rings. The SMILES string of the molecule is CCC1CNCCN1C(=O)C12CC3C[C@@](C)(C1)C[C@](c1ccccc1)(C3)C2. The Labute approximate surface area is 163 Å². The number of amides is 1. The normalized spacial score (nSPS) is 43.1. The van der Waals surface area contributed by atoms with Crippen molar-refractivity contribution in [3.63, 3.8) is 0 Å². The standard InChI is InChI=1S/C24H34N2O/c1-3-20-14-25-9-10-26(20)21(27)24-13-18-11-22(2,16-24)15-23(12-18,17-24)19-7-5-4-6-8-19/h4-8,18,20,25H,3,9-17H2,1-2H3/t18?,20?,22-,23-,24?/m1/s1. The molecule has 0 aromatic heterocycles. The van der Waals surface area contributed by atoms with Gasteiger partial charge in [0.2, 0.25) is 5.91 Å². The first kappa shape index (κ1) is 17.7. The summed E-state index contributed by atoms with van der Waals surface area (Å²) in [6, 6.07) is 11.5. The van der Waals surface area contributed by atoms with Gasteiger partial charge in [-0.3, -0.25) is 4.79 Å². The molecule has 4 bridgehead atoms. The van der Waals surface area contributed by atoms with Crippen LogP contribution in [0.3, 0.4) is 0 Å². The fourth-order valence-corrected chi connectivity index (χ4v) is 7.97. The Hall–Kier alpha value is -1.35. The van der Waals surface area contributed by atoms with E-state index in [1.54, 1.807) is 0 Å². The fourth-order valence-electron chi connectivity index (χ4n) is 7.97. The molecule has 3 nitrogen and oxygen atoms in total. The molecule has 146 valence electrons. The smallest absolute Gasteiger partial charge is 0.229 e. The summed E-state index contributed by atoms with van der Waals surface area (Å²) in [5, 5.41) is 3.49. The lowest BCUT2D eigenvalue weighted by molar-refractivity contribution is -0.173. The van der Waals surface area contributed by atoms with Crippen LogP contribution in [0.4, 0.5) is 0 Å². The number of nitrogens with one attached hydrogen (secondary N) is 1. The van der Waals surface area contributed by atoms with E-state index < -0.39 is 0 Å². The molecular formula is C24H34N2O. The molecule has 1 N–H and O–H groups in total. The summed E-state index contributed by atoms with van der Waals surface area (Å²) in [6.45, 7) is 7.50. The number of benzene rings is 1. The quantitative estimate of drug-likeness (QED) is 0.872. The van der Waals surface area contributed by atoms with Crippen molar-refractivity contribution in [1.29, 1.82) is 0 Å². The Kier molecular flexibility index (Phi) is 3.99. The lowest BCUT2D eigenvalue weighted by Crippen LogP contribution is -2.65. The van der Waals surface area contributed by atoms with Crippen LogP contribution in [-0.4, -0.2) is 36.5 Å². The van der Waals surface area contributed by atoms with Gasteiger partial charge in [0.25, 0.3) is 0 Å². The van der Waals surface area contributed by atoms with Crippen molar-refractivity contribution >= 4 is 5.91 Å². The average Bonchev–Trinajstić information content (AvgIpc) is 2.66. The van der Waals surface area contributed by atoms with Gasteiger partial charge in [-0.2, -0.15) is 0 Å². The minimum absolute atomic E-state index is 0.116. The topological polar surface area (TPSA) is 32.3 Å². The molecule has 3 unspecified atom stereocenters. The third-order valence-corrected chi connectivity index (χ3v) is 8.27. The zero-order valence-electron chi connectivity index (χ0n) is 17.0.